The lowest BCUT2D eigenvalue weighted by molar-refractivity contribution is -0.117. The van der Waals surface area contributed by atoms with E-state index in [0.717, 1.165) is 44.2 Å². The Labute approximate surface area is 188 Å². The third-order valence-corrected chi connectivity index (χ3v) is 7.73. The van der Waals surface area contributed by atoms with Gasteiger partial charge in [-0.2, -0.15) is 4.31 Å². The van der Waals surface area contributed by atoms with E-state index in [1.807, 2.05) is 0 Å². The third-order valence-electron chi connectivity index (χ3n) is 5.76. The zero-order chi connectivity index (χ0) is 23.3. The molecule has 0 radical (unpaired) electrons. The zero-order valence-electron chi connectivity index (χ0n) is 18.4. The predicted molar refractivity (Wildman–Crippen MR) is 120 cm³/mol. The number of nitrogens with zero attached hydrogens (tertiary/aromatic N) is 2. The van der Waals surface area contributed by atoms with Crippen molar-refractivity contribution in [2.45, 2.75) is 49.6 Å². The van der Waals surface area contributed by atoms with Gasteiger partial charge >= 0.3 is 0 Å². The second-order valence-electron chi connectivity index (χ2n) is 8.28. The summed E-state index contributed by atoms with van der Waals surface area (Å²) in [5.74, 6) is -2.27. The standard InChI is InChI=1S/C23H29F2N3O3S/c1-27(15-17-12-13-19(24)20(25)14-17)16-23(29)26-21-10-6-7-11-22(21)32(30,31)28(2)18-8-4-3-5-9-18/h6-7,10-14,18H,3-5,8-9,15-16H2,1-2H3,(H,26,29). The van der Waals surface area contributed by atoms with Crippen LogP contribution in [0.5, 0.6) is 0 Å². The van der Waals surface area contributed by atoms with Crippen LogP contribution in [0.15, 0.2) is 47.4 Å². The first-order valence-electron chi connectivity index (χ1n) is 10.7. The number of amides is 1. The highest BCUT2D eigenvalue weighted by Crippen LogP contribution is 2.29. The molecule has 9 heteroatoms. The quantitative estimate of drug-likeness (QED) is 0.640. The zero-order valence-corrected chi connectivity index (χ0v) is 19.2. The molecule has 1 saturated carbocycles. The van der Waals surface area contributed by atoms with Crippen molar-refractivity contribution in [1.29, 1.82) is 0 Å². The van der Waals surface area contributed by atoms with Crippen LogP contribution in [0.1, 0.15) is 37.7 Å². The van der Waals surface area contributed by atoms with E-state index in [4.69, 9.17) is 0 Å². The molecule has 174 valence electrons. The molecule has 0 saturated heterocycles. The molecule has 0 unspecified atom stereocenters. The van der Waals surface area contributed by atoms with Gasteiger partial charge in [0.15, 0.2) is 11.6 Å². The molecule has 0 bridgehead atoms. The second kappa shape index (κ2) is 10.5. The Bertz CT molecular complexity index is 1060. The van der Waals surface area contributed by atoms with Gasteiger partial charge in [0.25, 0.3) is 0 Å². The van der Waals surface area contributed by atoms with Crippen LogP contribution in [-0.2, 0) is 21.4 Å². The van der Waals surface area contributed by atoms with Crippen molar-refractivity contribution in [3.8, 4) is 0 Å². The van der Waals surface area contributed by atoms with E-state index >= 15 is 0 Å². The number of carbonyl (C=O) groups is 1. The number of anilines is 1. The lowest BCUT2D eigenvalue weighted by Gasteiger charge is -2.31. The number of sulfonamides is 1. The fraction of sp³-hybridized carbons (Fsp3) is 0.435. The molecular formula is C23H29F2N3O3S. The number of benzene rings is 2. The third kappa shape index (κ3) is 5.90. The minimum absolute atomic E-state index is 0.0419. The summed E-state index contributed by atoms with van der Waals surface area (Å²) in [4.78, 5) is 14.3. The summed E-state index contributed by atoms with van der Waals surface area (Å²) < 4.78 is 54.4. The van der Waals surface area contributed by atoms with Crippen LogP contribution in [0, 0.1) is 11.6 Å². The van der Waals surface area contributed by atoms with Crippen molar-refractivity contribution in [2.75, 3.05) is 26.0 Å². The fourth-order valence-corrected chi connectivity index (χ4v) is 5.59. The minimum Gasteiger partial charge on any atom is -0.324 e. The topological polar surface area (TPSA) is 69.7 Å². The van der Waals surface area contributed by atoms with Crippen LogP contribution < -0.4 is 5.32 Å². The molecule has 1 N–H and O–H groups in total. The number of likely N-dealkylation sites (N-methyl/N-ethyl adjacent to an activating group) is 1. The largest absolute Gasteiger partial charge is 0.324 e. The van der Waals surface area contributed by atoms with Crippen molar-refractivity contribution in [1.82, 2.24) is 9.21 Å². The second-order valence-corrected chi connectivity index (χ2v) is 10.2. The highest BCUT2D eigenvalue weighted by molar-refractivity contribution is 7.89. The highest BCUT2D eigenvalue weighted by atomic mass is 32.2. The van der Waals surface area contributed by atoms with E-state index in [2.05, 4.69) is 5.32 Å². The molecule has 2 aromatic carbocycles. The van der Waals surface area contributed by atoms with E-state index in [1.165, 1.54) is 16.4 Å². The number of hydrogen-bond acceptors (Lipinski definition) is 4. The van der Waals surface area contributed by atoms with Crippen LogP contribution in [0.3, 0.4) is 0 Å². The van der Waals surface area contributed by atoms with E-state index in [9.17, 15) is 22.0 Å². The van der Waals surface area contributed by atoms with Crippen LogP contribution in [0.25, 0.3) is 0 Å². The normalized spacial score (nSPS) is 15.3. The van der Waals surface area contributed by atoms with Gasteiger partial charge in [-0.05, 0) is 49.7 Å². The Hall–Kier alpha value is -2.36. The molecule has 1 aliphatic carbocycles. The van der Waals surface area contributed by atoms with Gasteiger partial charge < -0.3 is 5.32 Å². The molecule has 0 aliphatic heterocycles. The predicted octanol–water partition coefficient (Wildman–Crippen LogP) is 3.99. The lowest BCUT2D eigenvalue weighted by atomic mass is 9.96. The van der Waals surface area contributed by atoms with Gasteiger partial charge in [0.1, 0.15) is 4.90 Å². The Balaban J connectivity index is 1.68. The van der Waals surface area contributed by atoms with Gasteiger partial charge in [0.2, 0.25) is 15.9 Å². The smallest absolute Gasteiger partial charge is 0.245 e. The number of halogens is 2. The molecule has 6 nitrogen and oxygen atoms in total. The number of carbonyl (C=O) groups excluding carboxylic acids is 1. The van der Waals surface area contributed by atoms with Crippen LogP contribution in [-0.4, -0.2) is 50.2 Å². The van der Waals surface area contributed by atoms with Gasteiger partial charge in [-0.3, -0.25) is 9.69 Å². The first-order chi connectivity index (χ1) is 15.2. The van der Waals surface area contributed by atoms with Crippen molar-refractivity contribution in [2.24, 2.45) is 0 Å². The Morgan fingerprint density at radius 1 is 1.03 bits per heavy atom. The summed E-state index contributed by atoms with van der Waals surface area (Å²) in [5.41, 5.74) is 0.748. The number of rotatable bonds is 8. The Kier molecular flexibility index (Phi) is 7.97. The van der Waals surface area contributed by atoms with Crippen molar-refractivity contribution in [3.05, 3.63) is 59.7 Å². The van der Waals surface area contributed by atoms with Crippen molar-refractivity contribution >= 4 is 21.6 Å². The van der Waals surface area contributed by atoms with Gasteiger partial charge in [-0.25, -0.2) is 17.2 Å². The average molecular weight is 466 g/mol. The Morgan fingerprint density at radius 3 is 2.41 bits per heavy atom. The molecule has 32 heavy (non-hydrogen) atoms. The summed E-state index contributed by atoms with van der Waals surface area (Å²) in [6, 6.07) is 9.90. The molecule has 0 spiro atoms. The Morgan fingerprint density at radius 2 is 1.72 bits per heavy atom. The summed E-state index contributed by atoms with van der Waals surface area (Å²) >= 11 is 0. The maximum atomic E-state index is 13.4. The molecule has 1 fully saturated rings. The summed E-state index contributed by atoms with van der Waals surface area (Å²) in [7, 11) is -0.509. The highest BCUT2D eigenvalue weighted by Gasteiger charge is 2.31. The van der Waals surface area contributed by atoms with E-state index in [0.29, 0.717) is 5.56 Å². The van der Waals surface area contributed by atoms with Gasteiger partial charge in [0.05, 0.1) is 12.2 Å². The summed E-state index contributed by atoms with van der Waals surface area (Å²) in [6.07, 6.45) is 4.80. The van der Waals surface area contributed by atoms with Crippen LogP contribution >= 0.6 is 0 Å². The van der Waals surface area contributed by atoms with Crippen molar-refractivity contribution < 1.29 is 22.0 Å². The molecule has 3 rings (SSSR count). The van der Waals surface area contributed by atoms with Gasteiger partial charge in [-0.15, -0.1) is 0 Å². The van der Waals surface area contributed by atoms with Crippen LogP contribution in [0.4, 0.5) is 14.5 Å². The fourth-order valence-electron chi connectivity index (χ4n) is 4.03. The lowest BCUT2D eigenvalue weighted by Crippen LogP contribution is -2.38. The van der Waals surface area contributed by atoms with E-state index in [1.54, 1.807) is 37.2 Å². The first kappa shape index (κ1) is 24.3. The molecule has 0 atom stereocenters. The number of nitrogens with one attached hydrogen (secondary N) is 1. The van der Waals surface area contributed by atoms with Gasteiger partial charge in [-0.1, -0.05) is 37.5 Å². The summed E-state index contributed by atoms with van der Waals surface area (Å²) in [5, 5.41) is 2.69. The summed E-state index contributed by atoms with van der Waals surface area (Å²) in [6.45, 7) is 0.181. The maximum absolute atomic E-state index is 13.4. The maximum Gasteiger partial charge on any atom is 0.245 e. The average Bonchev–Trinajstić information content (AvgIpc) is 2.76. The molecule has 1 aliphatic rings. The molecule has 2 aromatic rings. The van der Waals surface area contributed by atoms with Crippen LogP contribution in [0.2, 0.25) is 0 Å². The molecular weight excluding hydrogens is 436 g/mol. The minimum atomic E-state index is -3.77. The van der Waals surface area contributed by atoms with E-state index < -0.39 is 27.6 Å². The van der Waals surface area contributed by atoms with E-state index in [-0.39, 0.29) is 29.7 Å². The molecule has 0 heterocycles. The number of para-hydroxylation sites is 1. The monoisotopic (exact) mass is 465 g/mol. The number of hydrogen-bond donors (Lipinski definition) is 1. The molecule has 1 amide bonds. The SMILES string of the molecule is CN(CC(=O)Nc1ccccc1S(=O)(=O)N(C)C1CCCCC1)Cc1ccc(F)c(F)c1. The molecule has 0 aromatic heterocycles. The first-order valence-corrected chi connectivity index (χ1v) is 12.1. The van der Waals surface area contributed by atoms with Gasteiger partial charge in [0, 0.05) is 19.6 Å². The van der Waals surface area contributed by atoms with Crippen molar-refractivity contribution in [3.63, 3.8) is 0 Å².